The molecule has 13 aromatic carbocycles. The maximum absolute atomic E-state index is 7.29. The number of benzene rings is 13. The van der Waals surface area contributed by atoms with Crippen molar-refractivity contribution in [3.63, 3.8) is 0 Å². The molecule has 2 aliphatic heterocycles. The van der Waals surface area contributed by atoms with Crippen molar-refractivity contribution in [2.75, 3.05) is 9.80 Å². The Labute approximate surface area is 457 Å². The number of nitrogens with zero attached hydrogens (tertiary/aromatic N) is 2. The fraction of sp³-hybridized carbons (Fsp3) is 0.0270. The van der Waals surface area contributed by atoms with Crippen LogP contribution in [0, 0.1) is 11.8 Å². The summed E-state index contributed by atoms with van der Waals surface area (Å²) in [6.45, 7) is -0.157. The van der Waals surface area contributed by atoms with Crippen LogP contribution in [0.2, 0.25) is 0 Å². The van der Waals surface area contributed by atoms with Gasteiger partial charge in [0.05, 0.1) is 5.69 Å². The van der Waals surface area contributed by atoms with Crippen molar-refractivity contribution in [1.29, 1.82) is 0 Å². The summed E-state index contributed by atoms with van der Waals surface area (Å²) in [5, 5.41) is 17.3. The Kier molecular flexibility index (Phi) is 9.60. The monoisotopic (exact) mass is 1010 g/mol. The third-order valence-corrected chi connectivity index (χ3v) is 17.3. The minimum absolute atomic E-state index is 0.0168. The number of hydrogen-bond acceptors (Lipinski definition) is 4. The van der Waals surface area contributed by atoms with Crippen LogP contribution in [-0.4, -0.2) is 6.71 Å². The maximum Gasteiger partial charge on any atom is 0.257 e. The molecule has 0 saturated heterocycles. The largest absolute Gasteiger partial charge is 0.459 e. The van der Waals surface area contributed by atoms with Crippen LogP contribution in [0.5, 0.6) is 17.2 Å². The second kappa shape index (κ2) is 17.2. The first-order valence-electron chi connectivity index (χ1n) is 27.4. The van der Waals surface area contributed by atoms with Crippen LogP contribution in [0.25, 0.3) is 75.4 Å². The summed E-state index contributed by atoms with van der Waals surface area (Å²) in [4.78, 5) is 4.89. The Morgan fingerprint density at radius 3 is 1.28 bits per heavy atom. The molecular weight excluding hydrogens is 960 g/mol. The summed E-state index contributed by atoms with van der Waals surface area (Å²) in [5.74, 6) is 3.32. The molecule has 0 N–H and O–H groups in total. The molecule has 0 saturated carbocycles. The average Bonchev–Trinajstić information content (AvgIpc) is 3.57. The number of allylic oxidation sites excluding steroid dienone is 6. The SMILES string of the molecule is C1=CC2C(N(c3ccccc3)c3ccc4c5ccccc5c5ccccc5c4c3)=CC3=C(B4c5c(cccc5Oc5cc(N(c6ccccc6)c6ccc7c8ccccc8c8ccccc8c7c6)c6ccccc6c54)O3)C2C=C1. The van der Waals surface area contributed by atoms with E-state index in [-0.39, 0.29) is 18.5 Å². The highest BCUT2D eigenvalue weighted by atomic mass is 16.5. The summed E-state index contributed by atoms with van der Waals surface area (Å²) in [5.41, 5.74) is 10.0. The van der Waals surface area contributed by atoms with Crippen LogP contribution in [0.15, 0.2) is 290 Å². The molecular formula is C74H47BN2O2. The summed E-state index contributed by atoms with van der Waals surface area (Å²) in [6.07, 6.45) is 11.6. The zero-order valence-corrected chi connectivity index (χ0v) is 42.9. The molecule has 17 rings (SSSR count). The first-order chi connectivity index (χ1) is 39.2. The third kappa shape index (κ3) is 6.57. The molecule has 0 amide bonds. The molecule has 4 nitrogen and oxygen atoms in total. The normalized spacial score (nSPS) is 15.9. The number of ether oxygens (including phenoxy) is 2. The molecule has 368 valence electrons. The molecule has 0 spiro atoms. The zero-order chi connectivity index (χ0) is 51.7. The van der Waals surface area contributed by atoms with E-state index in [1.54, 1.807) is 0 Å². The summed E-state index contributed by atoms with van der Waals surface area (Å²) < 4.78 is 14.6. The smallest absolute Gasteiger partial charge is 0.257 e. The summed E-state index contributed by atoms with van der Waals surface area (Å²) in [6, 6.07) is 88.5. The van der Waals surface area contributed by atoms with E-state index in [1.165, 1.54) is 70.1 Å². The van der Waals surface area contributed by atoms with Gasteiger partial charge in [0, 0.05) is 63.3 Å². The Morgan fingerprint density at radius 1 is 0.304 bits per heavy atom. The van der Waals surface area contributed by atoms with E-state index in [4.69, 9.17) is 9.47 Å². The lowest BCUT2D eigenvalue weighted by Gasteiger charge is -2.44. The van der Waals surface area contributed by atoms with Gasteiger partial charge in [-0.05, 0) is 142 Å². The van der Waals surface area contributed by atoms with Crippen LogP contribution in [-0.2, 0) is 0 Å². The van der Waals surface area contributed by atoms with Crippen LogP contribution >= 0.6 is 0 Å². The second-order valence-electron chi connectivity index (χ2n) is 21.4. The van der Waals surface area contributed by atoms with Crippen molar-refractivity contribution in [3.05, 3.63) is 290 Å². The molecule has 2 atom stereocenters. The van der Waals surface area contributed by atoms with Gasteiger partial charge in [0.1, 0.15) is 23.0 Å². The van der Waals surface area contributed by atoms with E-state index in [0.717, 1.165) is 78.8 Å². The molecule has 13 aromatic rings. The standard InChI is InChI=1S/C74H47BN2O2/c1-3-20-46(21-4-1)76(48-38-40-58-54-28-9-7-24-50(54)52-26-11-13-30-56(52)64(58)42-48)66-44-70-72(62-34-17-15-32-60(62)66)75-73-63-35-18-16-33-61(63)67(45-71(73)79-69-37-19-36-68(78-70)74(69)75)77(47-22-5-2-6-23-47)49-39-41-59-55-29-10-8-25-51(55)53-27-12-14-31-57(53)65(59)43-49/h1-45,60,62H. The van der Waals surface area contributed by atoms with Gasteiger partial charge < -0.3 is 19.3 Å². The van der Waals surface area contributed by atoms with E-state index in [9.17, 15) is 0 Å². The molecule has 2 unspecified atom stereocenters. The highest BCUT2D eigenvalue weighted by Crippen LogP contribution is 2.51. The van der Waals surface area contributed by atoms with Gasteiger partial charge in [-0.3, -0.25) is 0 Å². The van der Waals surface area contributed by atoms with Crippen LogP contribution < -0.4 is 30.2 Å². The quantitative estimate of drug-likeness (QED) is 0.122. The number of para-hydroxylation sites is 2. The van der Waals surface area contributed by atoms with Crippen LogP contribution in [0.1, 0.15) is 0 Å². The molecule has 4 aliphatic rings. The Morgan fingerprint density at radius 2 is 0.734 bits per heavy atom. The zero-order valence-electron chi connectivity index (χ0n) is 42.9. The lowest BCUT2D eigenvalue weighted by molar-refractivity contribution is 0.411. The fourth-order valence-electron chi connectivity index (χ4n) is 14.0. The highest BCUT2D eigenvalue weighted by molar-refractivity contribution is 6.95. The van der Waals surface area contributed by atoms with E-state index in [1.807, 2.05) is 0 Å². The highest BCUT2D eigenvalue weighted by Gasteiger charge is 2.49. The molecule has 2 aliphatic carbocycles. The lowest BCUT2D eigenvalue weighted by atomic mass is 9.31. The Bertz CT molecular complexity index is 4820. The van der Waals surface area contributed by atoms with Gasteiger partial charge in [0.15, 0.2) is 0 Å². The third-order valence-electron chi connectivity index (χ3n) is 17.3. The van der Waals surface area contributed by atoms with Crippen molar-refractivity contribution in [2.24, 2.45) is 11.8 Å². The summed E-state index contributed by atoms with van der Waals surface area (Å²) >= 11 is 0. The van der Waals surface area contributed by atoms with Crippen molar-refractivity contribution in [2.45, 2.75) is 0 Å². The number of fused-ring (bicyclic) bond motifs is 19. The van der Waals surface area contributed by atoms with Crippen molar-refractivity contribution in [1.82, 2.24) is 0 Å². The molecule has 0 radical (unpaired) electrons. The topological polar surface area (TPSA) is 24.9 Å². The molecule has 2 heterocycles. The van der Waals surface area contributed by atoms with Gasteiger partial charge >= 0.3 is 0 Å². The average molecular weight is 1010 g/mol. The van der Waals surface area contributed by atoms with Crippen LogP contribution in [0.3, 0.4) is 0 Å². The van der Waals surface area contributed by atoms with Gasteiger partial charge in [-0.2, -0.15) is 0 Å². The predicted octanol–water partition coefficient (Wildman–Crippen LogP) is 18.2. The Hall–Kier alpha value is -10.1. The van der Waals surface area contributed by atoms with Crippen molar-refractivity contribution in [3.8, 4) is 17.2 Å². The number of hydrogen-bond donors (Lipinski definition) is 0. The minimum atomic E-state index is -0.157. The first-order valence-corrected chi connectivity index (χ1v) is 27.4. The maximum atomic E-state index is 7.29. The predicted molar refractivity (Wildman–Crippen MR) is 331 cm³/mol. The molecule has 0 fully saturated rings. The molecule has 0 aromatic heterocycles. The summed E-state index contributed by atoms with van der Waals surface area (Å²) in [7, 11) is 0. The van der Waals surface area contributed by atoms with Gasteiger partial charge in [-0.15, -0.1) is 0 Å². The molecule has 0 bridgehead atoms. The first kappa shape index (κ1) is 44.1. The van der Waals surface area contributed by atoms with E-state index in [0.29, 0.717) is 0 Å². The second-order valence-corrected chi connectivity index (χ2v) is 21.4. The van der Waals surface area contributed by atoms with E-state index < -0.39 is 0 Å². The number of rotatable bonds is 6. The van der Waals surface area contributed by atoms with E-state index >= 15 is 0 Å². The van der Waals surface area contributed by atoms with Crippen molar-refractivity contribution < 1.29 is 9.47 Å². The fourth-order valence-corrected chi connectivity index (χ4v) is 14.0. The Balaban J connectivity index is 0.878. The van der Waals surface area contributed by atoms with E-state index in [2.05, 4.69) is 283 Å². The minimum Gasteiger partial charge on any atom is -0.459 e. The van der Waals surface area contributed by atoms with Gasteiger partial charge in [-0.1, -0.05) is 200 Å². The molecule has 5 heteroatoms. The van der Waals surface area contributed by atoms with Crippen LogP contribution in [0.4, 0.5) is 28.4 Å². The molecule has 79 heavy (non-hydrogen) atoms. The van der Waals surface area contributed by atoms with Gasteiger partial charge in [0.25, 0.3) is 6.71 Å². The van der Waals surface area contributed by atoms with Gasteiger partial charge in [0.2, 0.25) is 0 Å². The lowest BCUT2D eigenvalue weighted by Crippen LogP contribution is -2.54. The van der Waals surface area contributed by atoms with Crippen molar-refractivity contribution >= 4 is 121 Å². The van der Waals surface area contributed by atoms with Gasteiger partial charge in [-0.25, -0.2) is 0 Å². The number of anilines is 5.